The SMILES string of the molecule is COc1c([C@H](C)NC(=O)OC(C)(C)C)ccc(OC(=O)c2coc(C)n2)c1OCC1CC1. The van der Waals surface area contributed by atoms with Crippen LogP contribution < -0.4 is 19.5 Å². The highest BCUT2D eigenvalue weighted by atomic mass is 16.6. The van der Waals surface area contributed by atoms with Gasteiger partial charge in [0, 0.05) is 12.5 Å². The standard InChI is InChI=1S/C23H30N2O7/c1-13(24-22(27)32-23(3,4)5)16-9-10-18(31-21(26)17-12-29-14(2)25-17)20(19(16)28-6)30-11-15-7-8-15/h9-10,12-13,15H,7-8,11H2,1-6H3,(H,24,27)/t13-/m0/s1. The number of methoxy groups -OCH3 is 1. The molecule has 0 spiro atoms. The lowest BCUT2D eigenvalue weighted by molar-refractivity contribution is 0.0507. The Morgan fingerprint density at radius 1 is 1.25 bits per heavy atom. The van der Waals surface area contributed by atoms with Crippen molar-refractivity contribution >= 4 is 12.1 Å². The van der Waals surface area contributed by atoms with Gasteiger partial charge in [0.25, 0.3) is 0 Å². The molecule has 2 aromatic rings. The Bertz CT molecular complexity index is 973. The summed E-state index contributed by atoms with van der Waals surface area (Å²) in [6.45, 7) is 9.29. The third-order valence-corrected chi connectivity index (χ3v) is 4.70. The van der Waals surface area contributed by atoms with Gasteiger partial charge in [-0.1, -0.05) is 0 Å². The van der Waals surface area contributed by atoms with Gasteiger partial charge in [-0.15, -0.1) is 0 Å². The molecule has 0 saturated heterocycles. The summed E-state index contributed by atoms with van der Waals surface area (Å²) in [4.78, 5) is 28.7. The van der Waals surface area contributed by atoms with Gasteiger partial charge in [-0.3, -0.25) is 0 Å². The number of benzene rings is 1. The molecular formula is C23H30N2O7. The maximum atomic E-state index is 12.5. The molecule has 1 aromatic heterocycles. The van der Waals surface area contributed by atoms with Crippen LogP contribution >= 0.6 is 0 Å². The molecule has 174 valence electrons. The highest BCUT2D eigenvalue weighted by Crippen LogP contribution is 2.44. The number of alkyl carbamates (subject to hydrolysis) is 1. The van der Waals surface area contributed by atoms with Gasteiger partial charge in [0.1, 0.15) is 11.9 Å². The number of amides is 1. The maximum absolute atomic E-state index is 12.5. The van der Waals surface area contributed by atoms with E-state index in [0.717, 1.165) is 12.8 Å². The summed E-state index contributed by atoms with van der Waals surface area (Å²) >= 11 is 0. The lowest BCUT2D eigenvalue weighted by Gasteiger charge is -2.24. The van der Waals surface area contributed by atoms with Crippen molar-refractivity contribution in [2.75, 3.05) is 13.7 Å². The lowest BCUT2D eigenvalue weighted by Crippen LogP contribution is -2.34. The summed E-state index contributed by atoms with van der Waals surface area (Å²) < 4.78 is 27.6. The quantitative estimate of drug-likeness (QED) is 0.463. The third-order valence-electron chi connectivity index (χ3n) is 4.70. The van der Waals surface area contributed by atoms with E-state index in [4.69, 9.17) is 23.4 Å². The number of aromatic nitrogens is 1. The first kappa shape index (κ1) is 23.4. The van der Waals surface area contributed by atoms with Gasteiger partial charge < -0.3 is 28.7 Å². The topological polar surface area (TPSA) is 109 Å². The van der Waals surface area contributed by atoms with Crippen molar-refractivity contribution in [1.82, 2.24) is 10.3 Å². The number of carbonyl (C=O) groups excluding carboxylic acids is 2. The predicted octanol–water partition coefficient (Wildman–Crippen LogP) is 4.59. The minimum absolute atomic E-state index is 0.0543. The molecule has 0 aliphatic heterocycles. The van der Waals surface area contributed by atoms with Crippen molar-refractivity contribution < 1.29 is 33.0 Å². The smallest absolute Gasteiger partial charge is 0.408 e. The van der Waals surface area contributed by atoms with Crippen LogP contribution in [0.5, 0.6) is 17.2 Å². The molecule has 1 heterocycles. The van der Waals surface area contributed by atoms with Crippen molar-refractivity contribution in [2.24, 2.45) is 5.92 Å². The van der Waals surface area contributed by atoms with E-state index in [0.29, 0.717) is 35.5 Å². The Balaban J connectivity index is 1.87. The van der Waals surface area contributed by atoms with E-state index in [-0.39, 0.29) is 11.4 Å². The van der Waals surface area contributed by atoms with Gasteiger partial charge >= 0.3 is 12.1 Å². The van der Waals surface area contributed by atoms with Crippen molar-refractivity contribution in [3.63, 3.8) is 0 Å². The number of hydrogen-bond acceptors (Lipinski definition) is 8. The van der Waals surface area contributed by atoms with Crippen LogP contribution in [0.1, 0.15) is 68.5 Å². The summed E-state index contributed by atoms with van der Waals surface area (Å²) in [5.74, 6) is 1.01. The summed E-state index contributed by atoms with van der Waals surface area (Å²) in [5, 5.41) is 2.79. The van der Waals surface area contributed by atoms with E-state index >= 15 is 0 Å². The molecule has 9 nitrogen and oxygen atoms in total. The second-order valence-electron chi connectivity index (χ2n) is 8.78. The molecule has 1 amide bonds. The number of ether oxygens (including phenoxy) is 4. The van der Waals surface area contributed by atoms with Crippen molar-refractivity contribution in [2.45, 2.75) is 59.1 Å². The molecule has 1 N–H and O–H groups in total. The van der Waals surface area contributed by atoms with Crippen LogP contribution in [0.3, 0.4) is 0 Å². The molecule has 0 radical (unpaired) electrons. The van der Waals surface area contributed by atoms with Gasteiger partial charge in [-0.2, -0.15) is 0 Å². The minimum atomic E-state index is -0.673. The zero-order chi connectivity index (χ0) is 23.5. The molecule has 1 aliphatic rings. The minimum Gasteiger partial charge on any atom is -0.492 e. The highest BCUT2D eigenvalue weighted by molar-refractivity contribution is 5.89. The number of nitrogens with zero attached hydrogens (tertiary/aromatic N) is 1. The summed E-state index contributed by atoms with van der Waals surface area (Å²) in [5.41, 5.74) is 0.0872. The first-order valence-corrected chi connectivity index (χ1v) is 10.5. The first-order chi connectivity index (χ1) is 15.1. The predicted molar refractivity (Wildman–Crippen MR) is 115 cm³/mol. The Morgan fingerprint density at radius 3 is 2.53 bits per heavy atom. The second-order valence-corrected chi connectivity index (χ2v) is 8.78. The van der Waals surface area contributed by atoms with Crippen molar-refractivity contribution in [3.05, 3.63) is 35.5 Å². The number of rotatable bonds is 8. The van der Waals surface area contributed by atoms with E-state index < -0.39 is 23.7 Å². The number of aryl methyl sites for hydroxylation is 1. The molecule has 3 rings (SSSR count). The Labute approximate surface area is 187 Å². The first-order valence-electron chi connectivity index (χ1n) is 10.5. The second kappa shape index (κ2) is 9.50. The van der Waals surface area contributed by atoms with Gasteiger partial charge in [-0.05, 0) is 58.6 Å². The van der Waals surface area contributed by atoms with E-state index in [1.807, 2.05) is 0 Å². The van der Waals surface area contributed by atoms with E-state index in [1.165, 1.54) is 13.4 Å². The maximum Gasteiger partial charge on any atom is 0.408 e. The Kier molecular flexibility index (Phi) is 6.96. The van der Waals surface area contributed by atoms with Gasteiger partial charge in [0.05, 0.1) is 19.8 Å². The number of esters is 1. The van der Waals surface area contributed by atoms with Crippen LogP contribution in [0, 0.1) is 12.8 Å². The monoisotopic (exact) mass is 446 g/mol. The van der Waals surface area contributed by atoms with Crippen LogP contribution in [0.25, 0.3) is 0 Å². The van der Waals surface area contributed by atoms with Crippen LogP contribution in [0.2, 0.25) is 0 Å². The van der Waals surface area contributed by atoms with E-state index in [1.54, 1.807) is 46.8 Å². The molecular weight excluding hydrogens is 416 g/mol. The molecule has 1 atom stereocenters. The molecule has 0 unspecified atom stereocenters. The summed E-state index contributed by atoms with van der Waals surface area (Å²) in [7, 11) is 1.50. The molecule has 1 saturated carbocycles. The number of carbonyl (C=O) groups is 2. The molecule has 9 heteroatoms. The molecule has 0 bridgehead atoms. The van der Waals surface area contributed by atoms with Crippen molar-refractivity contribution in [1.29, 1.82) is 0 Å². The normalized spacial score (nSPS) is 14.4. The lowest BCUT2D eigenvalue weighted by atomic mass is 10.1. The summed E-state index contributed by atoms with van der Waals surface area (Å²) in [6, 6.07) is 2.87. The molecule has 1 aromatic carbocycles. The van der Waals surface area contributed by atoms with Gasteiger partial charge in [0.2, 0.25) is 5.75 Å². The molecule has 1 fully saturated rings. The molecule has 1 aliphatic carbocycles. The third kappa shape index (κ3) is 6.15. The summed E-state index contributed by atoms with van der Waals surface area (Å²) in [6.07, 6.45) is 2.86. The Morgan fingerprint density at radius 2 is 1.97 bits per heavy atom. The van der Waals surface area contributed by atoms with E-state index in [2.05, 4.69) is 10.3 Å². The fourth-order valence-electron chi connectivity index (χ4n) is 2.99. The van der Waals surface area contributed by atoms with E-state index in [9.17, 15) is 9.59 Å². The van der Waals surface area contributed by atoms with Crippen molar-refractivity contribution in [3.8, 4) is 17.2 Å². The fourth-order valence-corrected chi connectivity index (χ4v) is 2.99. The number of hydrogen-bond donors (Lipinski definition) is 1. The average Bonchev–Trinajstić information content (AvgIpc) is 3.42. The number of nitrogens with one attached hydrogen (secondary N) is 1. The fraction of sp³-hybridized carbons (Fsp3) is 0.522. The largest absolute Gasteiger partial charge is 0.492 e. The van der Waals surface area contributed by atoms with Crippen LogP contribution in [0.4, 0.5) is 4.79 Å². The van der Waals surface area contributed by atoms with Gasteiger partial charge in [-0.25, -0.2) is 14.6 Å². The van der Waals surface area contributed by atoms with Crippen LogP contribution in [0.15, 0.2) is 22.8 Å². The van der Waals surface area contributed by atoms with Crippen LogP contribution in [-0.4, -0.2) is 36.4 Å². The van der Waals surface area contributed by atoms with Crippen LogP contribution in [-0.2, 0) is 4.74 Å². The number of oxazole rings is 1. The average molecular weight is 447 g/mol. The highest BCUT2D eigenvalue weighted by Gasteiger charge is 2.28. The zero-order valence-corrected chi connectivity index (χ0v) is 19.3. The zero-order valence-electron chi connectivity index (χ0n) is 19.3. The Hall–Kier alpha value is -3.23. The van der Waals surface area contributed by atoms with Gasteiger partial charge in [0.15, 0.2) is 23.1 Å². The molecule has 32 heavy (non-hydrogen) atoms.